The first-order chi connectivity index (χ1) is 7.68. The van der Waals surface area contributed by atoms with Gasteiger partial charge in [0.05, 0.1) is 0 Å². The highest BCUT2D eigenvalue weighted by molar-refractivity contribution is 6.61. The normalized spacial score (nSPS) is 9.31. The van der Waals surface area contributed by atoms with Crippen LogP contribution in [0.25, 0.3) is 0 Å². The summed E-state index contributed by atoms with van der Waals surface area (Å²) in [5, 5.41) is 2.20. The van der Waals surface area contributed by atoms with Gasteiger partial charge in [-0.15, -0.1) is 0 Å². The van der Waals surface area contributed by atoms with Gasteiger partial charge in [-0.25, -0.2) is 9.59 Å². The second-order valence-electron chi connectivity index (χ2n) is 2.76. The number of halogens is 1. The maximum Gasteiger partial charge on any atom is 0.410 e. The second-order valence-corrected chi connectivity index (χ2v) is 3.07. The van der Waals surface area contributed by atoms with E-state index in [0.29, 0.717) is 0 Å². The van der Waals surface area contributed by atoms with Crippen LogP contribution >= 0.6 is 11.6 Å². The molecule has 16 heavy (non-hydrogen) atoms. The molecule has 0 bridgehead atoms. The molecule has 1 rings (SSSR count). The lowest BCUT2D eigenvalue weighted by atomic mass is 10.2. The van der Waals surface area contributed by atoms with Crippen molar-refractivity contribution in [1.29, 1.82) is 0 Å². The van der Waals surface area contributed by atoms with E-state index in [1.54, 1.807) is 0 Å². The SMILES string of the molecule is O=C(Cl)OCNC(=O)OCc1ccccc1. The monoisotopic (exact) mass is 243 g/mol. The highest BCUT2D eigenvalue weighted by atomic mass is 35.5. The van der Waals surface area contributed by atoms with Gasteiger partial charge in [0.25, 0.3) is 0 Å². The van der Waals surface area contributed by atoms with Crippen LogP contribution in [0.3, 0.4) is 0 Å². The van der Waals surface area contributed by atoms with Crippen LogP contribution in [0.15, 0.2) is 30.3 Å². The van der Waals surface area contributed by atoms with Crippen LogP contribution in [0.5, 0.6) is 0 Å². The van der Waals surface area contributed by atoms with Crippen molar-refractivity contribution >= 4 is 23.1 Å². The molecule has 0 aliphatic heterocycles. The summed E-state index contributed by atoms with van der Waals surface area (Å²) < 4.78 is 9.10. The Morgan fingerprint density at radius 3 is 2.50 bits per heavy atom. The Labute approximate surface area is 97.3 Å². The number of carbonyl (C=O) groups is 2. The van der Waals surface area contributed by atoms with Gasteiger partial charge in [-0.3, -0.25) is 5.32 Å². The molecule has 0 aliphatic rings. The Bertz CT molecular complexity index is 355. The maximum atomic E-state index is 11.0. The molecule has 1 amide bonds. The summed E-state index contributed by atoms with van der Waals surface area (Å²) in [7, 11) is 0. The van der Waals surface area contributed by atoms with E-state index in [-0.39, 0.29) is 13.3 Å². The highest BCUT2D eigenvalue weighted by Gasteiger charge is 2.02. The Morgan fingerprint density at radius 2 is 1.88 bits per heavy atom. The minimum atomic E-state index is -0.983. The summed E-state index contributed by atoms with van der Waals surface area (Å²) in [5.74, 6) is 0. The largest absolute Gasteiger partial charge is 0.445 e. The van der Waals surface area contributed by atoms with Gasteiger partial charge in [0.15, 0.2) is 6.73 Å². The summed E-state index contributed by atoms with van der Waals surface area (Å²) >= 11 is 4.88. The third-order valence-electron chi connectivity index (χ3n) is 1.61. The van der Waals surface area contributed by atoms with Gasteiger partial charge >= 0.3 is 11.5 Å². The molecule has 1 aromatic carbocycles. The molecule has 86 valence electrons. The summed E-state index contributed by atoms with van der Waals surface area (Å²) in [6, 6.07) is 9.19. The maximum absolute atomic E-state index is 11.0. The van der Waals surface area contributed by atoms with Crippen molar-refractivity contribution in [1.82, 2.24) is 5.32 Å². The molecule has 0 heterocycles. The fourth-order valence-electron chi connectivity index (χ4n) is 0.926. The summed E-state index contributed by atoms with van der Waals surface area (Å²) in [5.41, 5.74) is -0.115. The van der Waals surface area contributed by atoms with E-state index in [0.717, 1.165) is 5.56 Å². The van der Waals surface area contributed by atoms with Gasteiger partial charge in [-0.1, -0.05) is 30.3 Å². The van der Waals surface area contributed by atoms with E-state index in [4.69, 9.17) is 16.3 Å². The van der Waals surface area contributed by atoms with Crippen LogP contribution in [0.1, 0.15) is 5.56 Å². The first-order valence-corrected chi connectivity index (χ1v) is 4.83. The van der Waals surface area contributed by atoms with Gasteiger partial charge in [-0.05, 0) is 5.56 Å². The fourth-order valence-corrected chi connectivity index (χ4v) is 0.980. The van der Waals surface area contributed by atoms with E-state index in [1.165, 1.54) is 0 Å². The minimum Gasteiger partial charge on any atom is -0.445 e. The number of ether oxygens (including phenoxy) is 2. The van der Waals surface area contributed by atoms with Gasteiger partial charge in [0.1, 0.15) is 6.61 Å². The van der Waals surface area contributed by atoms with Crippen LogP contribution in [0.4, 0.5) is 9.59 Å². The molecule has 0 atom stereocenters. The molecule has 0 saturated carbocycles. The molecule has 5 nitrogen and oxygen atoms in total. The van der Waals surface area contributed by atoms with Crippen molar-refractivity contribution in [3.05, 3.63) is 35.9 Å². The molecule has 0 saturated heterocycles. The minimum absolute atomic E-state index is 0.154. The van der Waals surface area contributed by atoms with E-state index < -0.39 is 11.5 Å². The third kappa shape index (κ3) is 5.21. The fraction of sp³-hybridized carbons (Fsp3) is 0.200. The van der Waals surface area contributed by atoms with Gasteiger partial charge in [0, 0.05) is 11.6 Å². The van der Waals surface area contributed by atoms with Gasteiger partial charge in [-0.2, -0.15) is 0 Å². The number of nitrogens with one attached hydrogen (secondary N) is 1. The average Bonchev–Trinajstić information content (AvgIpc) is 2.27. The first kappa shape index (κ1) is 12.3. The van der Waals surface area contributed by atoms with Crippen molar-refractivity contribution in [3.63, 3.8) is 0 Å². The van der Waals surface area contributed by atoms with E-state index >= 15 is 0 Å². The van der Waals surface area contributed by atoms with Crippen molar-refractivity contribution < 1.29 is 19.1 Å². The molecule has 0 fully saturated rings. The lowest BCUT2D eigenvalue weighted by molar-refractivity contribution is 0.120. The van der Waals surface area contributed by atoms with Crippen molar-refractivity contribution in [2.45, 2.75) is 6.61 Å². The second kappa shape index (κ2) is 6.68. The average molecular weight is 244 g/mol. The number of benzene rings is 1. The van der Waals surface area contributed by atoms with E-state index in [2.05, 4.69) is 10.1 Å². The first-order valence-electron chi connectivity index (χ1n) is 4.45. The summed E-state index contributed by atoms with van der Waals surface area (Å²) in [6.07, 6.45) is -0.679. The molecule has 0 aliphatic carbocycles. The van der Waals surface area contributed by atoms with Crippen LogP contribution in [-0.2, 0) is 16.1 Å². The molecule has 0 aromatic heterocycles. The van der Waals surface area contributed by atoms with Crippen molar-refractivity contribution in [3.8, 4) is 0 Å². The van der Waals surface area contributed by atoms with E-state index in [9.17, 15) is 9.59 Å². The molecule has 1 N–H and O–H groups in total. The number of rotatable bonds is 4. The summed E-state index contributed by atoms with van der Waals surface area (Å²) in [6.45, 7) is -0.155. The standard InChI is InChI=1S/C10H10ClNO4/c11-9(13)16-7-12-10(14)15-6-8-4-2-1-3-5-8/h1-5H,6-7H2,(H,12,14). The number of hydrogen-bond acceptors (Lipinski definition) is 4. The lowest BCUT2D eigenvalue weighted by Gasteiger charge is -2.06. The number of hydrogen-bond donors (Lipinski definition) is 1. The van der Waals surface area contributed by atoms with Gasteiger partial charge in [0.2, 0.25) is 0 Å². The number of alkyl carbamates (subject to hydrolysis) is 1. The highest BCUT2D eigenvalue weighted by Crippen LogP contribution is 2.00. The molecule has 0 radical (unpaired) electrons. The molecule has 0 spiro atoms. The Morgan fingerprint density at radius 1 is 1.19 bits per heavy atom. The molecule has 0 unspecified atom stereocenters. The zero-order chi connectivity index (χ0) is 11.8. The predicted molar refractivity (Wildman–Crippen MR) is 57.0 cm³/mol. The molecule has 6 heteroatoms. The number of amides is 1. The zero-order valence-electron chi connectivity index (χ0n) is 8.31. The lowest BCUT2D eigenvalue weighted by Crippen LogP contribution is -2.27. The van der Waals surface area contributed by atoms with Crippen molar-refractivity contribution in [2.75, 3.05) is 6.73 Å². The van der Waals surface area contributed by atoms with E-state index in [1.807, 2.05) is 30.3 Å². The predicted octanol–water partition coefficient (Wildman–Crippen LogP) is 2.25. The van der Waals surface area contributed by atoms with Crippen LogP contribution < -0.4 is 5.32 Å². The van der Waals surface area contributed by atoms with Crippen molar-refractivity contribution in [2.24, 2.45) is 0 Å². The Balaban J connectivity index is 2.18. The summed E-state index contributed by atoms with van der Waals surface area (Å²) in [4.78, 5) is 21.2. The molecular weight excluding hydrogens is 234 g/mol. The smallest absolute Gasteiger partial charge is 0.410 e. The quantitative estimate of drug-likeness (QED) is 0.651. The van der Waals surface area contributed by atoms with Gasteiger partial charge < -0.3 is 9.47 Å². The Kier molecular flexibility index (Phi) is 5.15. The third-order valence-corrected chi connectivity index (χ3v) is 1.72. The Hall–Kier alpha value is -1.75. The number of carbonyl (C=O) groups excluding carboxylic acids is 2. The van der Waals surface area contributed by atoms with Crippen LogP contribution in [0, 0.1) is 0 Å². The van der Waals surface area contributed by atoms with Crippen LogP contribution in [0.2, 0.25) is 0 Å². The topological polar surface area (TPSA) is 64.6 Å². The molecular formula is C10H10ClNO4. The molecule has 1 aromatic rings. The van der Waals surface area contributed by atoms with Crippen LogP contribution in [-0.4, -0.2) is 18.3 Å². The zero-order valence-corrected chi connectivity index (χ0v) is 9.07.